The molecular weight excluding hydrogens is 174 g/mol. The maximum atomic E-state index is 4.48. The molecule has 2 aliphatic heterocycles. The van der Waals surface area contributed by atoms with E-state index < -0.39 is 0 Å². The lowest BCUT2D eigenvalue weighted by Crippen LogP contribution is -2.50. The van der Waals surface area contributed by atoms with E-state index in [9.17, 15) is 0 Å². The number of hydrogen-bond acceptors (Lipinski definition) is 3. The minimum absolute atomic E-state index is 0.665. The smallest absolute Gasteiger partial charge is 0.132 e. The van der Waals surface area contributed by atoms with Crippen molar-refractivity contribution in [3.63, 3.8) is 0 Å². The van der Waals surface area contributed by atoms with Gasteiger partial charge in [-0.2, -0.15) is 0 Å². The molecule has 1 aromatic rings. The Morgan fingerprint density at radius 1 is 1.43 bits per heavy atom. The van der Waals surface area contributed by atoms with Gasteiger partial charge in [0.2, 0.25) is 0 Å². The van der Waals surface area contributed by atoms with Gasteiger partial charge >= 0.3 is 0 Å². The van der Waals surface area contributed by atoms with Crippen molar-refractivity contribution in [2.24, 2.45) is 0 Å². The molecule has 0 aromatic carbocycles. The van der Waals surface area contributed by atoms with E-state index in [-0.39, 0.29) is 0 Å². The molecule has 3 heterocycles. The quantitative estimate of drug-likeness (QED) is 0.600. The van der Waals surface area contributed by atoms with Gasteiger partial charge in [-0.05, 0) is 25.1 Å². The van der Waals surface area contributed by atoms with Crippen molar-refractivity contribution in [3.05, 3.63) is 23.9 Å². The Kier molecular flexibility index (Phi) is 1.74. The number of likely N-dealkylation sites (N-methyl/N-ethyl adjacent to an activating group) is 1. The third-order valence-electron chi connectivity index (χ3n) is 3.28. The highest BCUT2D eigenvalue weighted by molar-refractivity contribution is 5.54. The fourth-order valence-electron chi connectivity index (χ4n) is 2.57. The molecule has 14 heavy (non-hydrogen) atoms. The molecule has 0 N–H and O–H groups in total. The van der Waals surface area contributed by atoms with Crippen molar-refractivity contribution >= 4 is 5.82 Å². The van der Waals surface area contributed by atoms with Gasteiger partial charge in [0.1, 0.15) is 5.82 Å². The maximum absolute atomic E-state index is 4.48. The van der Waals surface area contributed by atoms with Crippen molar-refractivity contribution < 1.29 is 0 Å². The average Bonchev–Trinajstić information content (AvgIpc) is 2.54. The molecule has 1 atom stereocenters. The molecule has 0 aliphatic carbocycles. The highest BCUT2D eigenvalue weighted by Crippen LogP contribution is 2.31. The van der Waals surface area contributed by atoms with Crippen LogP contribution >= 0.6 is 0 Å². The van der Waals surface area contributed by atoms with E-state index in [1.807, 2.05) is 12.3 Å². The molecule has 3 heteroatoms. The largest absolute Gasteiger partial charge is 0.350 e. The Morgan fingerprint density at radius 2 is 2.36 bits per heavy atom. The van der Waals surface area contributed by atoms with E-state index in [1.165, 1.54) is 24.3 Å². The summed E-state index contributed by atoms with van der Waals surface area (Å²) in [5.74, 6) is 1.23. The molecule has 1 saturated heterocycles. The summed E-state index contributed by atoms with van der Waals surface area (Å²) in [6, 6.07) is 4.92. The molecular formula is C11H15N3. The fraction of sp³-hybridized carbons (Fsp3) is 0.545. The molecule has 0 spiro atoms. The summed E-state index contributed by atoms with van der Waals surface area (Å²) in [5.41, 5.74) is 1.42. The molecule has 2 aliphatic rings. The fourth-order valence-corrected chi connectivity index (χ4v) is 2.57. The van der Waals surface area contributed by atoms with Crippen molar-refractivity contribution in [1.82, 2.24) is 9.88 Å². The number of hydrogen-bond donors (Lipinski definition) is 0. The van der Waals surface area contributed by atoms with Crippen LogP contribution in [0.3, 0.4) is 0 Å². The molecule has 0 amide bonds. The first kappa shape index (κ1) is 8.24. The van der Waals surface area contributed by atoms with Crippen LogP contribution in [0.15, 0.2) is 18.3 Å². The van der Waals surface area contributed by atoms with Gasteiger partial charge in [0.05, 0.1) is 0 Å². The van der Waals surface area contributed by atoms with Crippen molar-refractivity contribution in [2.75, 3.05) is 31.6 Å². The van der Waals surface area contributed by atoms with Gasteiger partial charge in [-0.1, -0.05) is 6.07 Å². The summed E-state index contributed by atoms with van der Waals surface area (Å²) < 4.78 is 0. The topological polar surface area (TPSA) is 19.4 Å². The normalized spacial score (nSPS) is 26.1. The highest BCUT2D eigenvalue weighted by Gasteiger charge is 2.33. The monoisotopic (exact) mass is 189 g/mol. The van der Waals surface area contributed by atoms with Gasteiger partial charge in [0.25, 0.3) is 0 Å². The van der Waals surface area contributed by atoms with Gasteiger partial charge in [0, 0.05) is 31.9 Å². The third-order valence-corrected chi connectivity index (χ3v) is 3.28. The Bertz CT molecular complexity index is 350. The van der Waals surface area contributed by atoms with E-state index in [1.54, 1.807) is 0 Å². The first-order valence-electron chi connectivity index (χ1n) is 5.23. The molecule has 1 unspecified atom stereocenters. The number of piperazine rings is 1. The van der Waals surface area contributed by atoms with E-state index in [2.05, 4.69) is 27.9 Å². The predicted molar refractivity (Wildman–Crippen MR) is 56.6 cm³/mol. The molecule has 0 saturated carbocycles. The molecule has 3 nitrogen and oxygen atoms in total. The molecule has 74 valence electrons. The Labute approximate surface area is 84.3 Å². The van der Waals surface area contributed by atoms with Crippen molar-refractivity contribution in [2.45, 2.75) is 12.5 Å². The first-order valence-corrected chi connectivity index (χ1v) is 5.23. The summed E-state index contributed by atoms with van der Waals surface area (Å²) >= 11 is 0. The van der Waals surface area contributed by atoms with Gasteiger partial charge in [-0.15, -0.1) is 0 Å². The lowest BCUT2D eigenvalue weighted by Gasteiger charge is -2.36. The van der Waals surface area contributed by atoms with Gasteiger partial charge in [0.15, 0.2) is 0 Å². The summed E-state index contributed by atoms with van der Waals surface area (Å²) in [5, 5.41) is 0. The van der Waals surface area contributed by atoms with Crippen LogP contribution in [-0.2, 0) is 6.42 Å². The number of rotatable bonds is 0. The average molecular weight is 189 g/mol. The molecule has 0 bridgehead atoms. The lowest BCUT2D eigenvalue weighted by atomic mass is 10.1. The van der Waals surface area contributed by atoms with Crippen LogP contribution < -0.4 is 4.90 Å². The van der Waals surface area contributed by atoms with Crippen LogP contribution in [0, 0.1) is 0 Å². The SMILES string of the molecule is CN1CCN2c3ncccc3CC2C1. The van der Waals surface area contributed by atoms with Gasteiger partial charge in [-0.25, -0.2) is 4.98 Å². The van der Waals surface area contributed by atoms with Crippen molar-refractivity contribution in [3.8, 4) is 0 Å². The van der Waals surface area contributed by atoms with E-state index in [0.29, 0.717) is 6.04 Å². The van der Waals surface area contributed by atoms with E-state index in [0.717, 1.165) is 13.1 Å². The molecule has 1 aromatic heterocycles. The molecule has 0 radical (unpaired) electrons. The first-order chi connectivity index (χ1) is 6.84. The predicted octanol–water partition coefficient (Wildman–Crippen LogP) is 0.758. The van der Waals surface area contributed by atoms with Crippen LogP contribution in [0.2, 0.25) is 0 Å². The number of fused-ring (bicyclic) bond motifs is 3. The minimum atomic E-state index is 0.665. The summed E-state index contributed by atoms with van der Waals surface area (Å²) in [6.07, 6.45) is 3.08. The second-order valence-corrected chi connectivity index (χ2v) is 4.30. The Hall–Kier alpha value is -1.09. The number of pyridine rings is 1. The minimum Gasteiger partial charge on any atom is -0.350 e. The Balaban J connectivity index is 1.94. The lowest BCUT2D eigenvalue weighted by molar-refractivity contribution is 0.273. The zero-order chi connectivity index (χ0) is 9.54. The summed E-state index contributed by atoms with van der Waals surface area (Å²) in [6.45, 7) is 3.47. The van der Waals surface area contributed by atoms with Crippen LogP contribution in [0.5, 0.6) is 0 Å². The van der Waals surface area contributed by atoms with Crippen LogP contribution in [0.25, 0.3) is 0 Å². The van der Waals surface area contributed by atoms with Crippen LogP contribution in [-0.4, -0.2) is 42.6 Å². The number of aromatic nitrogens is 1. The highest BCUT2D eigenvalue weighted by atomic mass is 15.3. The van der Waals surface area contributed by atoms with Crippen molar-refractivity contribution in [1.29, 1.82) is 0 Å². The zero-order valence-electron chi connectivity index (χ0n) is 8.48. The third kappa shape index (κ3) is 1.12. The van der Waals surface area contributed by atoms with E-state index in [4.69, 9.17) is 0 Å². The standard InChI is InChI=1S/C11H15N3/c1-13-5-6-14-10(8-13)7-9-3-2-4-12-11(9)14/h2-4,10H,5-8H2,1H3. The number of anilines is 1. The summed E-state index contributed by atoms with van der Waals surface area (Å²) in [4.78, 5) is 9.35. The Morgan fingerprint density at radius 3 is 3.29 bits per heavy atom. The molecule has 1 fully saturated rings. The van der Waals surface area contributed by atoms with Gasteiger partial charge in [-0.3, -0.25) is 0 Å². The zero-order valence-corrected chi connectivity index (χ0v) is 8.48. The maximum Gasteiger partial charge on any atom is 0.132 e. The van der Waals surface area contributed by atoms with Crippen LogP contribution in [0.4, 0.5) is 5.82 Å². The summed E-state index contributed by atoms with van der Waals surface area (Å²) in [7, 11) is 2.20. The molecule has 3 rings (SSSR count). The second kappa shape index (κ2) is 2.95. The van der Waals surface area contributed by atoms with Crippen LogP contribution in [0.1, 0.15) is 5.56 Å². The van der Waals surface area contributed by atoms with Gasteiger partial charge < -0.3 is 9.80 Å². The second-order valence-electron chi connectivity index (χ2n) is 4.30. The number of nitrogens with zero attached hydrogens (tertiary/aromatic N) is 3. The van der Waals surface area contributed by atoms with E-state index >= 15 is 0 Å².